The van der Waals surface area contributed by atoms with E-state index in [0.29, 0.717) is 23.6 Å². The first-order chi connectivity index (χ1) is 12.9. The molecule has 2 rings (SSSR count). The molecule has 0 spiro atoms. The number of carboxylic acid groups (broad SMARTS) is 1. The first-order valence-electron chi connectivity index (χ1n) is 8.74. The molecule has 0 atom stereocenters. The molecule has 0 saturated carbocycles. The van der Waals surface area contributed by atoms with Crippen LogP contribution in [0.4, 0.5) is 0 Å². The van der Waals surface area contributed by atoms with Crippen molar-refractivity contribution in [2.24, 2.45) is 0 Å². The fourth-order valence-corrected chi connectivity index (χ4v) is 2.76. The summed E-state index contributed by atoms with van der Waals surface area (Å²) in [7, 11) is 1.50. The van der Waals surface area contributed by atoms with E-state index in [1.165, 1.54) is 23.8 Å². The highest BCUT2D eigenvalue weighted by Gasteiger charge is 2.12. The number of rotatable bonds is 10. The fourth-order valence-electron chi connectivity index (χ4n) is 2.76. The molecule has 0 aromatic heterocycles. The van der Waals surface area contributed by atoms with Crippen molar-refractivity contribution in [1.82, 2.24) is 5.32 Å². The van der Waals surface area contributed by atoms with Crippen molar-refractivity contribution in [2.45, 2.75) is 33.2 Å². The fraction of sp³-hybridized carbons (Fsp3) is 0.333. The number of Topliss-reactive ketones (excluding diaryl/α,β-unsaturated/α-hetero) is 1. The van der Waals surface area contributed by atoms with E-state index in [-0.39, 0.29) is 25.4 Å². The van der Waals surface area contributed by atoms with Crippen LogP contribution in [0.2, 0.25) is 0 Å². The van der Waals surface area contributed by atoms with Crippen molar-refractivity contribution < 1.29 is 24.2 Å². The minimum absolute atomic E-state index is 0.0456. The zero-order valence-corrected chi connectivity index (χ0v) is 15.9. The molecule has 0 amide bonds. The Bertz CT molecular complexity index is 796. The van der Waals surface area contributed by atoms with Gasteiger partial charge in [0, 0.05) is 18.5 Å². The lowest BCUT2D eigenvalue weighted by Crippen LogP contribution is -2.21. The van der Waals surface area contributed by atoms with Gasteiger partial charge >= 0.3 is 5.97 Å². The smallest absolute Gasteiger partial charge is 0.303 e. The van der Waals surface area contributed by atoms with Crippen LogP contribution in [0, 0.1) is 13.8 Å². The number of carboxylic acids is 1. The molecule has 0 heterocycles. The van der Waals surface area contributed by atoms with Crippen molar-refractivity contribution in [3.05, 3.63) is 58.7 Å². The van der Waals surface area contributed by atoms with Crippen LogP contribution in [0.1, 0.15) is 39.9 Å². The third-order valence-corrected chi connectivity index (χ3v) is 4.33. The zero-order chi connectivity index (χ0) is 19.8. The quantitative estimate of drug-likeness (QED) is 0.378. The van der Waals surface area contributed by atoms with Crippen molar-refractivity contribution in [1.29, 1.82) is 0 Å². The predicted molar refractivity (Wildman–Crippen MR) is 102 cm³/mol. The highest BCUT2D eigenvalue weighted by molar-refractivity contribution is 5.98. The molecule has 0 aliphatic carbocycles. The summed E-state index contributed by atoms with van der Waals surface area (Å²) < 4.78 is 11.0. The van der Waals surface area contributed by atoms with Crippen molar-refractivity contribution in [3.8, 4) is 11.5 Å². The lowest BCUT2D eigenvalue weighted by atomic mass is 10.0. The molecule has 0 unspecified atom stereocenters. The molecule has 0 radical (unpaired) electrons. The van der Waals surface area contributed by atoms with Gasteiger partial charge in [-0.25, -0.2) is 0 Å². The summed E-state index contributed by atoms with van der Waals surface area (Å²) in [5.74, 6) is -0.285. The van der Waals surface area contributed by atoms with Gasteiger partial charge in [-0.1, -0.05) is 18.2 Å². The number of aryl methyl sites for hydroxylation is 2. The second-order valence-corrected chi connectivity index (χ2v) is 6.27. The van der Waals surface area contributed by atoms with Crippen LogP contribution in [0.3, 0.4) is 0 Å². The molecule has 2 aromatic rings. The number of carbonyl (C=O) groups excluding carboxylic acids is 1. The average molecular weight is 371 g/mol. The third kappa shape index (κ3) is 5.82. The maximum atomic E-state index is 12.0. The maximum Gasteiger partial charge on any atom is 0.303 e. The molecular formula is C21H25NO5. The van der Waals surface area contributed by atoms with Crippen LogP contribution >= 0.6 is 0 Å². The van der Waals surface area contributed by atoms with Gasteiger partial charge in [-0.3, -0.25) is 14.9 Å². The van der Waals surface area contributed by atoms with E-state index in [4.69, 9.17) is 14.6 Å². The number of carbonyl (C=O) groups is 2. The van der Waals surface area contributed by atoms with E-state index in [9.17, 15) is 9.59 Å². The Hall–Kier alpha value is -2.86. The average Bonchev–Trinajstić information content (AvgIpc) is 2.65. The summed E-state index contributed by atoms with van der Waals surface area (Å²) in [6.07, 6.45) is -0.238. The number of hydrogen-bond acceptors (Lipinski definition) is 5. The summed E-state index contributed by atoms with van der Waals surface area (Å²) in [6, 6.07) is 11.0. The molecular weight excluding hydrogens is 346 g/mol. The van der Waals surface area contributed by atoms with Gasteiger partial charge in [-0.15, -0.1) is 0 Å². The third-order valence-electron chi connectivity index (χ3n) is 4.33. The SMILES string of the molecule is COc1cc(C(=O)CCC(=O)O)ccc1OCNCc1c(C)cccc1C. The molecule has 27 heavy (non-hydrogen) atoms. The van der Waals surface area contributed by atoms with Gasteiger partial charge in [0.2, 0.25) is 0 Å². The molecule has 6 heteroatoms. The molecule has 0 bridgehead atoms. The number of hydrogen-bond donors (Lipinski definition) is 2. The van der Waals surface area contributed by atoms with Gasteiger partial charge in [-0.2, -0.15) is 0 Å². The maximum absolute atomic E-state index is 12.0. The Balaban J connectivity index is 1.94. The molecule has 0 saturated heterocycles. The molecule has 2 N–H and O–H groups in total. The van der Waals surface area contributed by atoms with Gasteiger partial charge in [-0.05, 0) is 48.7 Å². The number of benzene rings is 2. The van der Waals surface area contributed by atoms with Crippen LogP contribution in [0.15, 0.2) is 36.4 Å². The highest BCUT2D eigenvalue weighted by Crippen LogP contribution is 2.28. The van der Waals surface area contributed by atoms with E-state index < -0.39 is 5.97 Å². The van der Waals surface area contributed by atoms with Crippen molar-refractivity contribution >= 4 is 11.8 Å². The van der Waals surface area contributed by atoms with E-state index in [0.717, 1.165) is 0 Å². The van der Waals surface area contributed by atoms with E-state index in [2.05, 4.69) is 31.3 Å². The lowest BCUT2D eigenvalue weighted by molar-refractivity contribution is -0.136. The van der Waals surface area contributed by atoms with Crippen LogP contribution in [-0.4, -0.2) is 30.7 Å². The Morgan fingerprint density at radius 3 is 2.37 bits per heavy atom. The number of nitrogens with one attached hydrogen (secondary N) is 1. The number of ether oxygens (including phenoxy) is 2. The Labute approximate surface area is 159 Å². The number of methoxy groups -OCH3 is 1. The Kier molecular flexibility index (Phi) is 7.37. The summed E-state index contributed by atoms with van der Waals surface area (Å²) in [4.78, 5) is 22.6. The second-order valence-electron chi connectivity index (χ2n) is 6.27. The summed E-state index contributed by atoms with van der Waals surface area (Å²) in [6.45, 7) is 5.13. The van der Waals surface area contributed by atoms with Crippen molar-refractivity contribution in [2.75, 3.05) is 13.8 Å². The van der Waals surface area contributed by atoms with Crippen LogP contribution in [0.5, 0.6) is 11.5 Å². The predicted octanol–water partition coefficient (Wildman–Crippen LogP) is 3.49. The van der Waals surface area contributed by atoms with Gasteiger partial charge in [0.25, 0.3) is 0 Å². The van der Waals surface area contributed by atoms with Crippen LogP contribution in [-0.2, 0) is 11.3 Å². The van der Waals surface area contributed by atoms with Gasteiger partial charge in [0.15, 0.2) is 17.3 Å². The van der Waals surface area contributed by atoms with Crippen molar-refractivity contribution in [3.63, 3.8) is 0 Å². The lowest BCUT2D eigenvalue weighted by Gasteiger charge is -2.14. The highest BCUT2D eigenvalue weighted by atomic mass is 16.5. The van der Waals surface area contributed by atoms with Crippen LogP contribution < -0.4 is 14.8 Å². The largest absolute Gasteiger partial charge is 0.493 e. The Morgan fingerprint density at radius 2 is 1.74 bits per heavy atom. The minimum Gasteiger partial charge on any atom is -0.493 e. The zero-order valence-electron chi connectivity index (χ0n) is 15.9. The van der Waals surface area contributed by atoms with Crippen LogP contribution in [0.25, 0.3) is 0 Å². The number of aliphatic carboxylic acids is 1. The number of ketones is 1. The van der Waals surface area contributed by atoms with Gasteiger partial charge < -0.3 is 14.6 Å². The molecule has 0 fully saturated rings. The minimum atomic E-state index is -0.995. The standard InChI is InChI=1S/C21H25NO5/c1-14-5-4-6-15(2)17(14)12-22-13-27-19-9-7-16(11-20(19)26-3)18(23)8-10-21(24)25/h4-7,9,11,22H,8,10,12-13H2,1-3H3,(H,24,25). The topological polar surface area (TPSA) is 84.9 Å². The molecule has 0 aliphatic rings. The van der Waals surface area contributed by atoms with E-state index in [1.807, 2.05) is 6.07 Å². The van der Waals surface area contributed by atoms with E-state index in [1.54, 1.807) is 18.2 Å². The summed E-state index contributed by atoms with van der Waals surface area (Å²) >= 11 is 0. The van der Waals surface area contributed by atoms with E-state index >= 15 is 0 Å². The first kappa shape index (κ1) is 20.5. The van der Waals surface area contributed by atoms with Gasteiger partial charge in [0.1, 0.15) is 6.73 Å². The second kappa shape index (κ2) is 9.73. The summed E-state index contributed by atoms with van der Waals surface area (Å²) in [5, 5.41) is 11.9. The molecule has 2 aromatic carbocycles. The molecule has 144 valence electrons. The normalized spacial score (nSPS) is 10.5. The monoisotopic (exact) mass is 371 g/mol. The molecule has 6 nitrogen and oxygen atoms in total. The first-order valence-corrected chi connectivity index (χ1v) is 8.74. The molecule has 0 aliphatic heterocycles. The summed E-state index contributed by atoms with van der Waals surface area (Å²) in [5.41, 5.74) is 4.10. The Morgan fingerprint density at radius 1 is 1.04 bits per heavy atom. The van der Waals surface area contributed by atoms with Gasteiger partial charge in [0.05, 0.1) is 13.5 Å².